The number of nitro benzene ring substituents is 1. The molecule has 0 aliphatic heterocycles. The van der Waals surface area contributed by atoms with Gasteiger partial charge in [0.25, 0.3) is 5.69 Å². The number of nitro groups is 1. The monoisotopic (exact) mass is 348 g/mol. The lowest BCUT2D eigenvalue weighted by Crippen LogP contribution is -2.18. The van der Waals surface area contributed by atoms with Crippen molar-refractivity contribution in [2.45, 2.75) is 26.4 Å². The van der Waals surface area contributed by atoms with E-state index in [0.717, 1.165) is 5.56 Å². The van der Waals surface area contributed by atoms with Crippen molar-refractivity contribution in [2.24, 2.45) is 0 Å². The Morgan fingerprint density at radius 1 is 1.24 bits per heavy atom. The maximum atomic E-state index is 10.9. The van der Waals surface area contributed by atoms with Crippen LogP contribution in [-0.4, -0.2) is 4.92 Å². The maximum Gasteiger partial charge on any atom is 0.283 e. The quantitative estimate of drug-likeness (QED) is 0.638. The molecule has 0 amide bonds. The van der Waals surface area contributed by atoms with Crippen LogP contribution < -0.4 is 5.32 Å². The Labute approximate surface area is 132 Å². The van der Waals surface area contributed by atoms with Gasteiger partial charge in [-0.2, -0.15) is 0 Å². The van der Waals surface area contributed by atoms with E-state index in [-0.39, 0.29) is 16.7 Å². The lowest BCUT2D eigenvalue weighted by Gasteiger charge is -2.14. The van der Waals surface area contributed by atoms with Crippen molar-refractivity contribution in [1.82, 2.24) is 5.32 Å². The van der Waals surface area contributed by atoms with Crippen LogP contribution in [0.5, 0.6) is 0 Å². The third kappa shape index (κ3) is 4.12. The van der Waals surface area contributed by atoms with Crippen molar-refractivity contribution in [3.8, 4) is 0 Å². The second kappa shape index (κ2) is 6.83. The van der Waals surface area contributed by atoms with Crippen molar-refractivity contribution >= 4 is 21.6 Å². The minimum Gasteiger partial charge on any atom is -0.306 e. The molecule has 0 aromatic heterocycles. The van der Waals surface area contributed by atoms with Gasteiger partial charge < -0.3 is 5.32 Å². The van der Waals surface area contributed by atoms with E-state index in [4.69, 9.17) is 0 Å². The van der Waals surface area contributed by atoms with Gasteiger partial charge in [0.1, 0.15) is 0 Å². The summed E-state index contributed by atoms with van der Waals surface area (Å²) in [6.45, 7) is 4.73. The fourth-order valence-electron chi connectivity index (χ4n) is 2.05. The molecule has 1 unspecified atom stereocenters. The zero-order valence-electron chi connectivity index (χ0n) is 12.0. The Balaban J connectivity index is 2.04. The molecule has 0 spiro atoms. The standard InChI is InChI=1S/C16H17BrN2O2/c1-11-3-6-14(7-4-11)12(2)18-10-13-5-8-15(17)16(9-13)19(20)21/h3-9,12,18H,10H2,1-2H3. The SMILES string of the molecule is Cc1ccc(C(C)NCc2ccc(Br)c([N+](=O)[O-])c2)cc1. The van der Waals surface area contributed by atoms with Crippen LogP contribution in [0.25, 0.3) is 0 Å². The summed E-state index contributed by atoms with van der Waals surface area (Å²) in [5, 5.41) is 14.3. The summed E-state index contributed by atoms with van der Waals surface area (Å²) in [7, 11) is 0. The summed E-state index contributed by atoms with van der Waals surface area (Å²) in [5.74, 6) is 0. The fraction of sp³-hybridized carbons (Fsp3) is 0.250. The molecular formula is C16H17BrN2O2. The van der Waals surface area contributed by atoms with Gasteiger partial charge in [-0.3, -0.25) is 10.1 Å². The van der Waals surface area contributed by atoms with Gasteiger partial charge in [-0.05, 0) is 47.0 Å². The largest absolute Gasteiger partial charge is 0.306 e. The summed E-state index contributed by atoms with van der Waals surface area (Å²) >= 11 is 3.19. The first kappa shape index (κ1) is 15.7. The summed E-state index contributed by atoms with van der Waals surface area (Å²) in [6.07, 6.45) is 0. The fourth-order valence-corrected chi connectivity index (χ4v) is 2.44. The first-order valence-corrected chi connectivity index (χ1v) is 7.49. The van der Waals surface area contributed by atoms with Crippen LogP contribution in [0.15, 0.2) is 46.9 Å². The van der Waals surface area contributed by atoms with E-state index in [2.05, 4.69) is 59.4 Å². The van der Waals surface area contributed by atoms with Gasteiger partial charge in [0.2, 0.25) is 0 Å². The summed E-state index contributed by atoms with van der Waals surface area (Å²) in [4.78, 5) is 10.5. The van der Waals surface area contributed by atoms with Crippen molar-refractivity contribution in [2.75, 3.05) is 0 Å². The number of benzene rings is 2. The second-order valence-electron chi connectivity index (χ2n) is 5.06. The third-order valence-electron chi connectivity index (χ3n) is 3.40. The van der Waals surface area contributed by atoms with Crippen LogP contribution in [0, 0.1) is 17.0 Å². The van der Waals surface area contributed by atoms with E-state index in [0.29, 0.717) is 11.0 Å². The summed E-state index contributed by atoms with van der Waals surface area (Å²) in [5.41, 5.74) is 3.42. The van der Waals surface area contributed by atoms with Gasteiger partial charge in [-0.25, -0.2) is 0 Å². The molecule has 4 nitrogen and oxygen atoms in total. The molecule has 0 radical (unpaired) electrons. The Kier molecular flexibility index (Phi) is 5.09. The smallest absolute Gasteiger partial charge is 0.283 e. The molecule has 0 aliphatic carbocycles. The topological polar surface area (TPSA) is 55.2 Å². The van der Waals surface area contributed by atoms with E-state index in [1.54, 1.807) is 12.1 Å². The zero-order chi connectivity index (χ0) is 15.4. The number of halogens is 1. The molecule has 2 aromatic carbocycles. The molecule has 110 valence electrons. The Morgan fingerprint density at radius 2 is 1.90 bits per heavy atom. The first-order chi connectivity index (χ1) is 9.97. The van der Waals surface area contributed by atoms with Crippen LogP contribution in [0.3, 0.4) is 0 Å². The lowest BCUT2D eigenvalue weighted by atomic mass is 10.1. The molecule has 5 heteroatoms. The number of rotatable bonds is 5. The van der Waals surface area contributed by atoms with E-state index >= 15 is 0 Å². The average molecular weight is 349 g/mol. The molecule has 0 fully saturated rings. The van der Waals surface area contributed by atoms with Crippen LogP contribution in [-0.2, 0) is 6.54 Å². The molecule has 0 aliphatic rings. The molecule has 0 saturated heterocycles. The van der Waals surface area contributed by atoms with Crippen LogP contribution in [0.2, 0.25) is 0 Å². The van der Waals surface area contributed by atoms with Crippen molar-refractivity contribution in [1.29, 1.82) is 0 Å². The number of aryl methyl sites for hydroxylation is 1. The van der Waals surface area contributed by atoms with Gasteiger partial charge in [0.05, 0.1) is 9.40 Å². The van der Waals surface area contributed by atoms with Gasteiger partial charge in [0.15, 0.2) is 0 Å². The van der Waals surface area contributed by atoms with E-state index in [1.165, 1.54) is 11.1 Å². The van der Waals surface area contributed by atoms with Crippen molar-refractivity contribution in [3.63, 3.8) is 0 Å². The Bertz CT molecular complexity index is 641. The summed E-state index contributed by atoms with van der Waals surface area (Å²) in [6, 6.07) is 13.7. The molecule has 21 heavy (non-hydrogen) atoms. The van der Waals surface area contributed by atoms with Gasteiger partial charge in [0, 0.05) is 18.7 Å². The van der Waals surface area contributed by atoms with Crippen LogP contribution >= 0.6 is 15.9 Å². The maximum absolute atomic E-state index is 10.9. The number of hydrogen-bond acceptors (Lipinski definition) is 3. The van der Waals surface area contributed by atoms with Gasteiger partial charge in [-0.15, -0.1) is 0 Å². The zero-order valence-corrected chi connectivity index (χ0v) is 13.6. The molecule has 2 rings (SSSR count). The number of nitrogens with zero attached hydrogens (tertiary/aromatic N) is 1. The predicted molar refractivity (Wildman–Crippen MR) is 87.2 cm³/mol. The average Bonchev–Trinajstić information content (AvgIpc) is 2.46. The van der Waals surface area contributed by atoms with Crippen molar-refractivity contribution < 1.29 is 4.92 Å². The highest BCUT2D eigenvalue weighted by molar-refractivity contribution is 9.10. The lowest BCUT2D eigenvalue weighted by molar-refractivity contribution is -0.385. The number of hydrogen-bond donors (Lipinski definition) is 1. The minimum absolute atomic E-state index is 0.0947. The molecule has 0 saturated carbocycles. The summed E-state index contributed by atoms with van der Waals surface area (Å²) < 4.78 is 0.503. The van der Waals surface area contributed by atoms with Gasteiger partial charge >= 0.3 is 0 Å². The first-order valence-electron chi connectivity index (χ1n) is 6.70. The van der Waals surface area contributed by atoms with Crippen LogP contribution in [0.1, 0.15) is 29.7 Å². The number of nitrogens with one attached hydrogen (secondary N) is 1. The predicted octanol–water partition coefficient (Wildman–Crippen LogP) is 4.52. The second-order valence-corrected chi connectivity index (χ2v) is 5.91. The molecule has 1 atom stereocenters. The minimum atomic E-state index is -0.378. The Morgan fingerprint density at radius 3 is 2.52 bits per heavy atom. The molecular weight excluding hydrogens is 332 g/mol. The van der Waals surface area contributed by atoms with Gasteiger partial charge in [-0.1, -0.05) is 35.9 Å². The molecule has 0 bridgehead atoms. The normalized spacial score (nSPS) is 12.1. The van der Waals surface area contributed by atoms with E-state index in [9.17, 15) is 10.1 Å². The van der Waals surface area contributed by atoms with E-state index < -0.39 is 0 Å². The molecule has 0 heterocycles. The Hall–Kier alpha value is -1.72. The highest BCUT2D eigenvalue weighted by atomic mass is 79.9. The van der Waals surface area contributed by atoms with Crippen LogP contribution in [0.4, 0.5) is 5.69 Å². The molecule has 2 aromatic rings. The van der Waals surface area contributed by atoms with Crippen molar-refractivity contribution in [3.05, 3.63) is 73.7 Å². The highest BCUT2D eigenvalue weighted by Crippen LogP contribution is 2.25. The van der Waals surface area contributed by atoms with E-state index in [1.807, 2.05) is 6.07 Å². The molecule has 1 N–H and O–H groups in total. The highest BCUT2D eigenvalue weighted by Gasteiger charge is 2.12. The third-order valence-corrected chi connectivity index (χ3v) is 4.07.